The van der Waals surface area contributed by atoms with E-state index < -0.39 is 5.91 Å². The van der Waals surface area contributed by atoms with E-state index in [0.29, 0.717) is 0 Å². The molecular weight excluding hydrogens is 184 g/mol. The quantitative estimate of drug-likeness (QED) is 0.457. The number of hydrogen-bond donors (Lipinski definition) is 1. The highest BCUT2D eigenvalue weighted by atomic mass is 16.2. The van der Waals surface area contributed by atoms with Crippen LogP contribution in [0, 0.1) is 0 Å². The number of hydrogen-bond acceptors (Lipinski definition) is 3. The van der Waals surface area contributed by atoms with Crippen LogP contribution in [0.15, 0.2) is 23.5 Å². The molecule has 0 aliphatic heterocycles. The summed E-state index contributed by atoms with van der Waals surface area (Å²) in [7, 11) is 0. The van der Waals surface area contributed by atoms with E-state index in [1.165, 1.54) is 24.7 Å². The van der Waals surface area contributed by atoms with Crippen LogP contribution in [0.1, 0.15) is 13.8 Å². The normalized spacial score (nSPS) is 11.1. The number of nitrogens with one attached hydrogen (secondary N) is 1. The maximum absolute atomic E-state index is 10.8. The van der Waals surface area contributed by atoms with Crippen LogP contribution in [-0.2, 0) is 9.59 Å². The van der Waals surface area contributed by atoms with E-state index in [9.17, 15) is 9.59 Å². The Kier molecular flexibility index (Phi) is 3.11. The van der Waals surface area contributed by atoms with Gasteiger partial charge < -0.3 is 0 Å². The molecule has 0 atom stereocenters. The van der Waals surface area contributed by atoms with E-state index in [-0.39, 0.29) is 11.9 Å². The smallest absolute Gasteiger partial charge is 0.245 e. The summed E-state index contributed by atoms with van der Waals surface area (Å²) in [6.45, 7) is 2.63. The van der Waals surface area contributed by atoms with Gasteiger partial charge in [0.1, 0.15) is 0 Å². The molecule has 14 heavy (non-hydrogen) atoms. The van der Waals surface area contributed by atoms with Gasteiger partial charge in [0.25, 0.3) is 0 Å². The van der Waals surface area contributed by atoms with Gasteiger partial charge in [0.2, 0.25) is 17.8 Å². The van der Waals surface area contributed by atoms with Crippen molar-refractivity contribution >= 4 is 17.8 Å². The molecule has 0 spiro atoms. The van der Waals surface area contributed by atoms with Crippen LogP contribution in [0.2, 0.25) is 0 Å². The zero-order valence-corrected chi connectivity index (χ0v) is 7.89. The number of aliphatic imine (C=N–C) groups is 1. The number of rotatable bonds is 0. The Morgan fingerprint density at radius 3 is 2.57 bits per heavy atom. The first-order valence-corrected chi connectivity index (χ1v) is 3.96. The van der Waals surface area contributed by atoms with Crippen LogP contribution < -0.4 is 5.32 Å². The van der Waals surface area contributed by atoms with Crippen LogP contribution in [0.4, 0.5) is 0 Å². The molecule has 0 bridgehead atoms. The molecule has 0 saturated heterocycles. The molecular formula is C8H10N4O2. The van der Waals surface area contributed by atoms with Gasteiger partial charge in [0.15, 0.2) is 0 Å². The first kappa shape index (κ1) is 10.1. The number of carbonyl (C=O) groups excluding carboxylic acids is 2. The minimum Gasteiger partial charge on any atom is -0.295 e. The van der Waals surface area contributed by atoms with E-state index in [1.807, 2.05) is 0 Å². The molecule has 1 aromatic rings. The van der Waals surface area contributed by atoms with Crippen molar-refractivity contribution in [2.24, 2.45) is 4.99 Å². The summed E-state index contributed by atoms with van der Waals surface area (Å²) in [6.07, 6.45) is 3.11. The van der Waals surface area contributed by atoms with Crippen molar-refractivity contribution < 1.29 is 9.59 Å². The minimum absolute atomic E-state index is 0.106. The molecule has 2 amide bonds. The van der Waals surface area contributed by atoms with Crippen LogP contribution in [0.25, 0.3) is 0 Å². The molecule has 0 aliphatic carbocycles. The fraction of sp³-hybridized carbons (Fsp3) is 0.250. The number of aromatic nitrogens is 2. The lowest BCUT2D eigenvalue weighted by atomic mass is 10.6. The summed E-state index contributed by atoms with van der Waals surface area (Å²) in [5.41, 5.74) is 0. The second kappa shape index (κ2) is 4.31. The highest BCUT2D eigenvalue weighted by Gasteiger charge is 2.05. The van der Waals surface area contributed by atoms with Crippen LogP contribution in [0.5, 0.6) is 0 Å². The number of carbonyl (C=O) groups is 2. The third-order valence-corrected chi connectivity index (χ3v) is 1.27. The van der Waals surface area contributed by atoms with E-state index >= 15 is 0 Å². The molecule has 1 rings (SSSR count). The van der Waals surface area contributed by atoms with Gasteiger partial charge >= 0.3 is 0 Å². The third kappa shape index (κ3) is 2.81. The van der Waals surface area contributed by atoms with Crippen molar-refractivity contribution in [1.29, 1.82) is 0 Å². The highest BCUT2D eigenvalue weighted by Crippen LogP contribution is 1.86. The molecule has 0 aliphatic rings. The summed E-state index contributed by atoms with van der Waals surface area (Å²) in [4.78, 5) is 25.1. The zero-order valence-electron chi connectivity index (χ0n) is 7.89. The monoisotopic (exact) mass is 194 g/mol. The SMILES string of the molecule is CC(=O)/N=C(\NC(C)=O)n1cccn1. The average molecular weight is 194 g/mol. The van der Waals surface area contributed by atoms with Crippen molar-refractivity contribution in [3.8, 4) is 0 Å². The van der Waals surface area contributed by atoms with E-state index in [1.54, 1.807) is 12.3 Å². The Bertz CT molecular complexity index is 367. The lowest BCUT2D eigenvalue weighted by Gasteiger charge is -2.04. The third-order valence-electron chi connectivity index (χ3n) is 1.27. The molecule has 0 unspecified atom stereocenters. The van der Waals surface area contributed by atoms with Crippen molar-refractivity contribution in [2.45, 2.75) is 13.8 Å². The predicted octanol–water partition coefficient (Wildman–Crippen LogP) is -0.230. The topological polar surface area (TPSA) is 76.3 Å². The van der Waals surface area contributed by atoms with Crippen molar-refractivity contribution in [1.82, 2.24) is 15.1 Å². The van der Waals surface area contributed by atoms with Gasteiger partial charge in [-0.1, -0.05) is 0 Å². The molecule has 0 aromatic carbocycles. The van der Waals surface area contributed by atoms with Crippen molar-refractivity contribution in [3.05, 3.63) is 18.5 Å². The molecule has 0 radical (unpaired) electrons. The fourth-order valence-corrected chi connectivity index (χ4v) is 0.837. The summed E-state index contributed by atoms with van der Waals surface area (Å²) in [6, 6.07) is 1.66. The first-order valence-electron chi connectivity index (χ1n) is 3.96. The average Bonchev–Trinajstić information content (AvgIpc) is 2.52. The van der Waals surface area contributed by atoms with Gasteiger partial charge in [-0.25, -0.2) is 4.68 Å². The number of nitrogens with zero attached hydrogens (tertiary/aromatic N) is 3. The Morgan fingerprint density at radius 2 is 2.14 bits per heavy atom. The summed E-state index contributed by atoms with van der Waals surface area (Å²) >= 11 is 0. The second-order valence-corrected chi connectivity index (χ2v) is 2.59. The van der Waals surface area contributed by atoms with Crippen molar-refractivity contribution in [2.75, 3.05) is 0 Å². The predicted molar refractivity (Wildman–Crippen MR) is 49.6 cm³/mol. The highest BCUT2D eigenvalue weighted by molar-refractivity contribution is 6.01. The molecule has 1 N–H and O–H groups in total. The van der Waals surface area contributed by atoms with Gasteiger partial charge in [0, 0.05) is 26.2 Å². The van der Waals surface area contributed by atoms with Crippen LogP contribution in [-0.4, -0.2) is 27.6 Å². The summed E-state index contributed by atoms with van der Waals surface area (Å²) < 4.78 is 1.31. The molecule has 6 nitrogen and oxygen atoms in total. The fourth-order valence-electron chi connectivity index (χ4n) is 0.837. The van der Waals surface area contributed by atoms with E-state index in [4.69, 9.17) is 0 Å². The Hall–Kier alpha value is -1.98. The van der Waals surface area contributed by atoms with Gasteiger partial charge in [-0.3, -0.25) is 14.9 Å². The van der Waals surface area contributed by atoms with Gasteiger partial charge in [0.05, 0.1) is 0 Å². The molecule has 1 aromatic heterocycles. The largest absolute Gasteiger partial charge is 0.295 e. The summed E-state index contributed by atoms with van der Waals surface area (Å²) in [5.74, 6) is -0.597. The number of amides is 2. The minimum atomic E-state index is -0.399. The first-order chi connectivity index (χ1) is 6.59. The Morgan fingerprint density at radius 1 is 1.43 bits per heavy atom. The van der Waals surface area contributed by atoms with Gasteiger partial charge in [-0.15, -0.1) is 0 Å². The Labute approximate surface area is 80.6 Å². The maximum Gasteiger partial charge on any atom is 0.245 e. The van der Waals surface area contributed by atoms with E-state index in [2.05, 4.69) is 15.4 Å². The van der Waals surface area contributed by atoms with E-state index in [0.717, 1.165) is 0 Å². The van der Waals surface area contributed by atoms with Gasteiger partial charge in [-0.2, -0.15) is 10.1 Å². The maximum atomic E-state index is 10.8. The Balaban J connectivity index is 2.94. The second-order valence-electron chi connectivity index (χ2n) is 2.59. The van der Waals surface area contributed by atoms with Gasteiger partial charge in [-0.05, 0) is 6.07 Å². The molecule has 1 heterocycles. The van der Waals surface area contributed by atoms with Crippen LogP contribution in [0.3, 0.4) is 0 Å². The lowest BCUT2D eigenvalue weighted by molar-refractivity contribution is -0.117. The van der Waals surface area contributed by atoms with Crippen LogP contribution >= 0.6 is 0 Å². The molecule has 6 heteroatoms. The molecule has 0 saturated carbocycles. The zero-order chi connectivity index (χ0) is 10.6. The molecule has 74 valence electrons. The standard InChI is InChI=1S/C8H10N4O2/c1-6(13)10-8(11-7(2)14)12-5-3-4-9-12/h3-5H,1-2H3,(H,10,11,13,14). The summed E-state index contributed by atoms with van der Waals surface area (Å²) in [5, 5.41) is 6.25. The van der Waals surface area contributed by atoms with Crippen molar-refractivity contribution in [3.63, 3.8) is 0 Å². The molecule has 0 fully saturated rings. The lowest BCUT2D eigenvalue weighted by Crippen LogP contribution is -2.34.